The lowest BCUT2D eigenvalue weighted by Gasteiger charge is -2.30. The molecule has 4 rings (SSSR count). The summed E-state index contributed by atoms with van der Waals surface area (Å²) in [5.41, 5.74) is 2.92. The summed E-state index contributed by atoms with van der Waals surface area (Å²) in [4.78, 5) is 31.8. The summed E-state index contributed by atoms with van der Waals surface area (Å²) in [5, 5.41) is 3.65. The molecule has 1 aliphatic rings. The minimum Gasteiger partial charge on any atom is -0.355 e. The molecule has 2 amide bonds. The third-order valence-corrected chi connectivity index (χ3v) is 7.53. The van der Waals surface area contributed by atoms with E-state index < -0.39 is 0 Å². The number of carbonyl (C=O) groups is 2. The number of amides is 2. The second-order valence-electron chi connectivity index (χ2n) is 9.27. The molecule has 3 aromatic rings. The van der Waals surface area contributed by atoms with Crippen LogP contribution in [0.3, 0.4) is 0 Å². The van der Waals surface area contributed by atoms with Crippen molar-refractivity contribution >= 4 is 46.9 Å². The molecule has 0 aliphatic carbocycles. The van der Waals surface area contributed by atoms with Gasteiger partial charge in [0, 0.05) is 35.6 Å². The van der Waals surface area contributed by atoms with Crippen LogP contribution < -0.4 is 10.2 Å². The summed E-state index contributed by atoms with van der Waals surface area (Å²) in [6.45, 7) is 6.67. The first-order valence-corrected chi connectivity index (χ1v) is 13.7. The molecule has 0 radical (unpaired) electrons. The van der Waals surface area contributed by atoms with Crippen molar-refractivity contribution in [1.29, 1.82) is 0 Å². The second kappa shape index (κ2) is 13.0. The van der Waals surface area contributed by atoms with E-state index in [4.69, 9.17) is 11.6 Å². The van der Waals surface area contributed by atoms with E-state index in [1.807, 2.05) is 48.5 Å². The Morgan fingerprint density at radius 3 is 2.46 bits per heavy atom. The van der Waals surface area contributed by atoms with Crippen LogP contribution in [0.2, 0.25) is 5.02 Å². The molecule has 1 aliphatic heterocycles. The molecule has 0 atom stereocenters. The Morgan fingerprint density at radius 2 is 1.73 bits per heavy atom. The topological polar surface area (TPSA) is 52.7 Å². The summed E-state index contributed by atoms with van der Waals surface area (Å²) >= 11 is 7.43. The van der Waals surface area contributed by atoms with E-state index in [0.717, 1.165) is 35.7 Å². The van der Waals surface area contributed by atoms with Gasteiger partial charge in [0.25, 0.3) is 5.91 Å². The van der Waals surface area contributed by atoms with Gasteiger partial charge in [0.1, 0.15) is 6.54 Å². The standard InChI is InChI=1S/C30H32ClN3O2S/c1-22(2)33(20-24-9-4-3-5-10-24)18-8-17-32-29(35)21-34-26-11-6-7-12-27(26)37-28(30(34)36)19-23-13-15-25(31)16-14-23/h3-7,9-16,19,22H,8,17-18,20-21H2,1-2H3,(H,32,35). The number of hydrogen-bond acceptors (Lipinski definition) is 4. The third-order valence-electron chi connectivity index (χ3n) is 6.20. The normalized spacial score (nSPS) is 14.4. The fourth-order valence-corrected chi connectivity index (χ4v) is 5.36. The zero-order valence-electron chi connectivity index (χ0n) is 21.2. The highest BCUT2D eigenvalue weighted by Crippen LogP contribution is 2.41. The molecular weight excluding hydrogens is 502 g/mol. The van der Waals surface area contributed by atoms with Crippen LogP contribution in [0.4, 0.5) is 5.69 Å². The van der Waals surface area contributed by atoms with Gasteiger partial charge in [-0.15, -0.1) is 0 Å². The Morgan fingerprint density at radius 1 is 1.03 bits per heavy atom. The average molecular weight is 534 g/mol. The van der Waals surface area contributed by atoms with E-state index >= 15 is 0 Å². The Labute approximate surface area is 228 Å². The molecule has 0 unspecified atom stereocenters. The fourth-order valence-electron chi connectivity index (χ4n) is 4.18. The molecule has 192 valence electrons. The number of fused-ring (bicyclic) bond motifs is 1. The first kappa shape index (κ1) is 27.0. The van der Waals surface area contributed by atoms with Crippen molar-refractivity contribution < 1.29 is 9.59 Å². The van der Waals surface area contributed by atoms with Gasteiger partial charge in [0.15, 0.2) is 0 Å². The van der Waals surface area contributed by atoms with Crippen molar-refractivity contribution in [2.45, 2.75) is 37.8 Å². The van der Waals surface area contributed by atoms with Crippen LogP contribution >= 0.6 is 23.4 Å². The van der Waals surface area contributed by atoms with Gasteiger partial charge in [0.2, 0.25) is 5.91 Å². The van der Waals surface area contributed by atoms with E-state index in [1.54, 1.807) is 17.0 Å². The highest BCUT2D eigenvalue weighted by molar-refractivity contribution is 8.04. The molecule has 5 nitrogen and oxygen atoms in total. The maximum Gasteiger partial charge on any atom is 0.265 e. The number of nitrogens with one attached hydrogen (secondary N) is 1. The molecule has 1 heterocycles. The number of para-hydroxylation sites is 1. The van der Waals surface area contributed by atoms with Gasteiger partial charge in [-0.3, -0.25) is 19.4 Å². The Hall–Kier alpha value is -3.06. The van der Waals surface area contributed by atoms with E-state index in [2.05, 4.69) is 48.3 Å². The van der Waals surface area contributed by atoms with E-state index in [-0.39, 0.29) is 18.4 Å². The van der Waals surface area contributed by atoms with Crippen LogP contribution in [0, 0.1) is 0 Å². The lowest BCUT2D eigenvalue weighted by atomic mass is 10.2. The molecular formula is C30H32ClN3O2S. The SMILES string of the molecule is CC(C)N(CCCNC(=O)CN1C(=O)C(=Cc2ccc(Cl)cc2)Sc2ccccc21)Cc1ccccc1. The van der Waals surface area contributed by atoms with E-state index in [9.17, 15) is 9.59 Å². The predicted octanol–water partition coefficient (Wildman–Crippen LogP) is 6.24. The van der Waals surface area contributed by atoms with E-state index in [0.29, 0.717) is 22.5 Å². The zero-order valence-corrected chi connectivity index (χ0v) is 22.8. The minimum absolute atomic E-state index is 0.0216. The number of rotatable bonds is 10. The van der Waals surface area contributed by atoms with Crippen LogP contribution in [0.5, 0.6) is 0 Å². The highest BCUT2D eigenvalue weighted by Gasteiger charge is 2.30. The first-order valence-electron chi connectivity index (χ1n) is 12.5. The maximum atomic E-state index is 13.4. The van der Waals surface area contributed by atoms with Crippen molar-refractivity contribution in [3.05, 3.63) is 99.9 Å². The summed E-state index contributed by atoms with van der Waals surface area (Å²) in [6, 6.07) is 25.9. The van der Waals surface area contributed by atoms with Crippen molar-refractivity contribution in [3.63, 3.8) is 0 Å². The van der Waals surface area contributed by atoms with Crippen LogP contribution in [0.25, 0.3) is 6.08 Å². The molecule has 0 spiro atoms. The van der Waals surface area contributed by atoms with Crippen LogP contribution in [-0.4, -0.2) is 42.4 Å². The Balaban J connectivity index is 1.36. The van der Waals surface area contributed by atoms with E-state index in [1.165, 1.54) is 17.3 Å². The number of nitrogens with zero attached hydrogens (tertiary/aromatic N) is 2. The molecule has 37 heavy (non-hydrogen) atoms. The van der Waals surface area contributed by atoms with Gasteiger partial charge in [-0.1, -0.05) is 78.0 Å². The van der Waals surface area contributed by atoms with Crippen LogP contribution in [0.15, 0.2) is 88.7 Å². The second-order valence-corrected chi connectivity index (χ2v) is 10.8. The number of halogens is 1. The summed E-state index contributed by atoms with van der Waals surface area (Å²) in [7, 11) is 0. The summed E-state index contributed by atoms with van der Waals surface area (Å²) < 4.78 is 0. The van der Waals surface area contributed by atoms with Gasteiger partial charge in [-0.05, 0) is 61.7 Å². The molecule has 1 N–H and O–H groups in total. The van der Waals surface area contributed by atoms with Gasteiger partial charge in [0.05, 0.1) is 10.6 Å². The van der Waals surface area contributed by atoms with Gasteiger partial charge in [-0.25, -0.2) is 0 Å². The predicted molar refractivity (Wildman–Crippen MR) is 154 cm³/mol. The monoisotopic (exact) mass is 533 g/mol. The molecule has 7 heteroatoms. The van der Waals surface area contributed by atoms with Crippen molar-refractivity contribution in [2.75, 3.05) is 24.5 Å². The molecule has 0 aromatic heterocycles. The fraction of sp³-hybridized carbons (Fsp3) is 0.267. The molecule has 0 fully saturated rings. The van der Waals surface area contributed by atoms with Crippen LogP contribution in [-0.2, 0) is 16.1 Å². The Kier molecular flexibility index (Phi) is 9.45. The maximum absolute atomic E-state index is 13.4. The number of carbonyl (C=O) groups excluding carboxylic acids is 2. The minimum atomic E-state index is -0.178. The lowest BCUT2D eigenvalue weighted by Crippen LogP contribution is -2.43. The summed E-state index contributed by atoms with van der Waals surface area (Å²) in [5.74, 6) is -0.345. The number of benzene rings is 3. The smallest absolute Gasteiger partial charge is 0.265 e. The third kappa shape index (κ3) is 7.48. The summed E-state index contributed by atoms with van der Waals surface area (Å²) in [6.07, 6.45) is 2.68. The number of hydrogen-bond donors (Lipinski definition) is 1. The first-order chi connectivity index (χ1) is 17.9. The largest absolute Gasteiger partial charge is 0.355 e. The van der Waals surface area contributed by atoms with Gasteiger partial charge in [-0.2, -0.15) is 0 Å². The van der Waals surface area contributed by atoms with Crippen molar-refractivity contribution in [3.8, 4) is 0 Å². The van der Waals surface area contributed by atoms with Crippen molar-refractivity contribution in [2.24, 2.45) is 0 Å². The highest BCUT2D eigenvalue weighted by atomic mass is 35.5. The van der Waals surface area contributed by atoms with Crippen molar-refractivity contribution in [1.82, 2.24) is 10.2 Å². The average Bonchev–Trinajstić information content (AvgIpc) is 2.90. The Bertz CT molecular complexity index is 1250. The molecule has 0 saturated carbocycles. The number of thioether (sulfide) groups is 1. The molecule has 0 saturated heterocycles. The quantitative estimate of drug-likeness (QED) is 0.248. The molecule has 0 bridgehead atoms. The van der Waals surface area contributed by atoms with Crippen LogP contribution in [0.1, 0.15) is 31.4 Å². The zero-order chi connectivity index (χ0) is 26.2. The number of anilines is 1. The van der Waals surface area contributed by atoms with Gasteiger partial charge < -0.3 is 5.32 Å². The van der Waals surface area contributed by atoms with Gasteiger partial charge >= 0.3 is 0 Å². The molecule has 3 aromatic carbocycles. The lowest BCUT2D eigenvalue weighted by molar-refractivity contribution is -0.122.